The van der Waals surface area contributed by atoms with Crippen LogP contribution in [0.3, 0.4) is 0 Å². The van der Waals surface area contributed by atoms with Crippen molar-refractivity contribution in [2.75, 3.05) is 13.2 Å². The molecule has 5 heteroatoms. The summed E-state index contributed by atoms with van der Waals surface area (Å²) < 4.78 is 10.5. The fraction of sp³-hybridized carbons (Fsp3) is 0.600. The van der Waals surface area contributed by atoms with Gasteiger partial charge in [0.2, 0.25) is 0 Å². The highest BCUT2D eigenvalue weighted by atomic mass is 16.5. The summed E-state index contributed by atoms with van der Waals surface area (Å²) in [6, 6.07) is 0. The highest BCUT2D eigenvalue weighted by Gasteiger charge is 2.18. The first-order chi connectivity index (χ1) is 7.25. The van der Waals surface area contributed by atoms with Gasteiger partial charge in [-0.1, -0.05) is 0 Å². The monoisotopic (exact) mass is 210 g/mol. The quantitative estimate of drug-likeness (QED) is 0.804. The van der Waals surface area contributed by atoms with Crippen molar-refractivity contribution in [2.24, 2.45) is 0 Å². The lowest BCUT2D eigenvalue weighted by atomic mass is 10.2. The van der Waals surface area contributed by atoms with Crippen molar-refractivity contribution >= 4 is 5.91 Å². The molecule has 15 heavy (non-hydrogen) atoms. The topological polar surface area (TPSA) is 64.4 Å². The Kier molecular flexibility index (Phi) is 3.01. The standard InChI is InChI=1S/C10H14N2O3/c1-7-5-12-10(15-7)9(13)11-6-8-3-2-4-14-8/h5,8H,2-4,6H2,1H3,(H,11,13). The molecule has 1 N–H and O–H groups in total. The fourth-order valence-electron chi connectivity index (χ4n) is 1.55. The number of nitrogens with one attached hydrogen (secondary N) is 1. The third-order valence-electron chi connectivity index (χ3n) is 2.33. The molecule has 2 rings (SSSR count). The van der Waals surface area contributed by atoms with Crippen molar-refractivity contribution in [3.05, 3.63) is 17.8 Å². The molecule has 1 saturated heterocycles. The van der Waals surface area contributed by atoms with Crippen LogP contribution in [0.5, 0.6) is 0 Å². The van der Waals surface area contributed by atoms with E-state index in [1.165, 1.54) is 6.20 Å². The molecule has 0 radical (unpaired) electrons. The number of ether oxygens (including phenoxy) is 1. The molecular formula is C10H14N2O3. The van der Waals surface area contributed by atoms with Crippen molar-refractivity contribution in [2.45, 2.75) is 25.9 Å². The van der Waals surface area contributed by atoms with Gasteiger partial charge in [-0.25, -0.2) is 4.98 Å². The molecule has 1 aliphatic heterocycles. The molecular weight excluding hydrogens is 196 g/mol. The Balaban J connectivity index is 1.81. The fourth-order valence-corrected chi connectivity index (χ4v) is 1.55. The number of carbonyl (C=O) groups is 1. The molecule has 1 aromatic rings. The van der Waals surface area contributed by atoms with E-state index in [-0.39, 0.29) is 17.9 Å². The number of aryl methyl sites for hydroxylation is 1. The number of carbonyl (C=O) groups excluding carboxylic acids is 1. The van der Waals surface area contributed by atoms with E-state index < -0.39 is 0 Å². The molecule has 82 valence electrons. The number of aromatic nitrogens is 1. The predicted molar refractivity (Wildman–Crippen MR) is 52.5 cm³/mol. The van der Waals surface area contributed by atoms with Crippen LogP contribution in [-0.2, 0) is 4.74 Å². The van der Waals surface area contributed by atoms with Gasteiger partial charge >= 0.3 is 5.91 Å². The molecule has 1 fully saturated rings. The first kappa shape index (κ1) is 10.2. The first-order valence-electron chi connectivity index (χ1n) is 5.08. The van der Waals surface area contributed by atoms with E-state index in [1.54, 1.807) is 6.92 Å². The molecule has 5 nitrogen and oxygen atoms in total. The molecule has 1 atom stereocenters. The van der Waals surface area contributed by atoms with Gasteiger partial charge in [-0.05, 0) is 19.8 Å². The number of hydrogen-bond donors (Lipinski definition) is 1. The van der Waals surface area contributed by atoms with Gasteiger partial charge in [0.05, 0.1) is 12.3 Å². The van der Waals surface area contributed by atoms with Crippen LogP contribution in [0.2, 0.25) is 0 Å². The molecule has 0 aliphatic carbocycles. The van der Waals surface area contributed by atoms with Crippen LogP contribution in [0.25, 0.3) is 0 Å². The third-order valence-corrected chi connectivity index (χ3v) is 2.33. The van der Waals surface area contributed by atoms with Crippen molar-refractivity contribution < 1.29 is 13.9 Å². The Labute approximate surface area is 87.8 Å². The van der Waals surface area contributed by atoms with Crippen molar-refractivity contribution in [1.82, 2.24) is 10.3 Å². The molecule has 2 heterocycles. The Morgan fingerprint density at radius 1 is 1.73 bits per heavy atom. The minimum atomic E-state index is -0.279. The van der Waals surface area contributed by atoms with Crippen molar-refractivity contribution in [3.63, 3.8) is 0 Å². The molecule has 0 saturated carbocycles. The molecule has 0 bridgehead atoms. The van der Waals surface area contributed by atoms with E-state index in [2.05, 4.69) is 10.3 Å². The van der Waals surface area contributed by atoms with Crippen molar-refractivity contribution in [3.8, 4) is 0 Å². The number of amides is 1. The Hall–Kier alpha value is -1.36. The van der Waals surface area contributed by atoms with Gasteiger partial charge in [-0.2, -0.15) is 0 Å². The lowest BCUT2D eigenvalue weighted by molar-refractivity contribution is 0.0828. The maximum atomic E-state index is 11.5. The molecule has 1 amide bonds. The van der Waals surface area contributed by atoms with E-state index in [4.69, 9.17) is 9.15 Å². The van der Waals surface area contributed by atoms with E-state index in [0.717, 1.165) is 19.4 Å². The van der Waals surface area contributed by atoms with E-state index in [1.807, 2.05) is 0 Å². The van der Waals surface area contributed by atoms with Gasteiger partial charge in [0, 0.05) is 13.2 Å². The minimum absolute atomic E-state index is 0.116. The highest BCUT2D eigenvalue weighted by Crippen LogP contribution is 2.10. The Morgan fingerprint density at radius 2 is 2.60 bits per heavy atom. The second-order valence-electron chi connectivity index (χ2n) is 3.62. The number of oxazole rings is 1. The summed E-state index contributed by atoms with van der Waals surface area (Å²) in [6.07, 6.45) is 3.75. The van der Waals surface area contributed by atoms with Gasteiger partial charge in [0.25, 0.3) is 5.89 Å². The summed E-state index contributed by atoms with van der Waals surface area (Å²) in [6.45, 7) is 3.07. The van der Waals surface area contributed by atoms with Crippen LogP contribution in [0, 0.1) is 6.92 Å². The largest absolute Gasteiger partial charge is 0.438 e. The summed E-state index contributed by atoms with van der Waals surface area (Å²) in [7, 11) is 0. The number of rotatable bonds is 3. The van der Waals surface area contributed by atoms with Gasteiger partial charge in [-0.15, -0.1) is 0 Å². The molecule has 1 aliphatic rings. The number of nitrogens with zero attached hydrogens (tertiary/aromatic N) is 1. The Morgan fingerprint density at radius 3 is 3.20 bits per heavy atom. The summed E-state index contributed by atoms with van der Waals surface area (Å²) in [4.78, 5) is 15.3. The summed E-state index contributed by atoms with van der Waals surface area (Å²) in [5, 5.41) is 2.73. The van der Waals surface area contributed by atoms with Crippen LogP contribution in [-0.4, -0.2) is 30.1 Å². The second kappa shape index (κ2) is 4.44. The molecule has 1 aromatic heterocycles. The predicted octanol–water partition coefficient (Wildman–Crippen LogP) is 0.892. The average Bonchev–Trinajstić information content (AvgIpc) is 2.84. The van der Waals surface area contributed by atoms with Crippen LogP contribution in [0.1, 0.15) is 29.3 Å². The lowest BCUT2D eigenvalue weighted by Crippen LogP contribution is -2.31. The van der Waals surface area contributed by atoms with Crippen molar-refractivity contribution in [1.29, 1.82) is 0 Å². The van der Waals surface area contributed by atoms with Gasteiger partial charge in [-0.3, -0.25) is 4.79 Å². The summed E-state index contributed by atoms with van der Waals surface area (Å²) in [5.41, 5.74) is 0. The van der Waals surface area contributed by atoms with Crippen LogP contribution in [0.4, 0.5) is 0 Å². The lowest BCUT2D eigenvalue weighted by Gasteiger charge is -2.08. The Bertz CT molecular complexity index is 342. The van der Waals surface area contributed by atoms with Crippen LogP contribution in [0.15, 0.2) is 10.6 Å². The SMILES string of the molecule is Cc1cnc(C(=O)NCC2CCCO2)o1. The highest BCUT2D eigenvalue weighted by molar-refractivity contribution is 5.89. The van der Waals surface area contributed by atoms with Crippen LogP contribution < -0.4 is 5.32 Å². The zero-order chi connectivity index (χ0) is 10.7. The van der Waals surface area contributed by atoms with Crippen LogP contribution >= 0.6 is 0 Å². The summed E-state index contributed by atoms with van der Waals surface area (Å²) >= 11 is 0. The third kappa shape index (κ3) is 2.56. The maximum absolute atomic E-state index is 11.5. The molecule has 0 aromatic carbocycles. The number of hydrogen-bond acceptors (Lipinski definition) is 4. The second-order valence-corrected chi connectivity index (χ2v) is 3.62. The van der Waals surface area contributed by atoms with E-state index in [0.29, 0.717) is 12.3 Å². The molecule has 1 unspecified atom stereocenters. The summed E-state index contributed by atoms with van der Waals surface area (Å²) in [5.74, 6) is 0.473. The first-order valence-corrected chi connectivity index (χ1v) is 5.08. The van der Waals surface area contributed by atoms with Gasteiger partial charge in [0.15, 0.2) is 0 Å². The normalized spacial score (nSPS) is 20.5. The zero-order valence-corrected chi connectivity index (χ0v) is 8.66. The minimum Gasteiger partial charge on any atom is -0.438 e. The van der Waals surface area contributed by atoms with E-state index >= 15 is 0 Å². The van der Waals surface area contributed by atoms with Gasteiger partial charge in [0.1, 0.15) is 5.76 Å². The van der Waals surface area contributed by atoms with E-state index in [9.17, 15) is 4.79 Å². The zero-order valence-electron chi connectivity index (χ0n) is 8.66. The molecule has 0 spiro atoms. The maximum Gasteiger partial charge on any atom is 0.307 e. The average molecular weight is 210 g/mol. The van der Waals surface area contributed by atoms with Gasteiger partial charge < -0.3 is 14.5 Å². The smallest absolute Gasteiger partial charge is 0.307 e.